The number of carboxylic acid groups (broad SMARTS) is 1. The first kappa shape index (κ1) is 14.3. The van der Waals surface area contributed by atoms with E-state index < -0.39 is 32.2 Å². The smallest absolute Gasteiger partial charge is 0.337 e. The molecule has 0 unspecified atom stereocenters. The summed E-state index contributed by atoms with van der Waals surface area (Å²) in [7, 11) is -3.68. The highest BCUT2D eigenvalue weighted by Crippen LogP contribution is 2.31. The second-order valence-corrected chi connectivity index (χ2v) is 7.06. The van der Waals surface area contributed by atoms with Crippen LogP contribution in [0.25, 0.3) is 0 Å². The first-order chi connectivity index (χ1) is 8.81. The predicted molar refractivity (Wildman–Crippen MR) is 67.8 cm³/mol. The van der Waals surface area contributed by atoms with E-state index >= 15 is 0 Å². The number of hydrogen-bond acceptors (Lipinski definition) is 3. The van der Waals surface area contributed by atoms with Gasteiger partial charge in [-0.3, -0.25) is 0 Å². The summed E-state index contributed by atoms with van der Waals surface area (Å²) in [6, 6.07) is 1.70. The summed E-state index contributed by atoms with van der Waals surface area (Å²) in [6.07, 6.45) is 2.66. The molecule has 0 aliphatic heterocycles. The summed E-state index contributed by atoms with van der Waals surface area (Å²) in [5.41, 5.74) is -0.533. The van der Waals surface area contributed by atoms with Crippen LogP contribution in [-0.2, 0) is 9.84 Å². The van der Waals surface area contributed by atoms with Crippen molar-refractivity contribution in [2.75, 3.05) is 5.75 Å². The molecular weight excluding hydrogens is 295 g/mol. The maximum atomic E-state index is 13.5. The molecule has 1 aliphatic carbocycles. The molecule has 104 valence electrons. The fourth-order valence-electron chi connectivity index (χ4n) is 1.97. The third kappa shape index (κ3) is 2.90. The molecule has 1 aromatic rings. The Morgan fingerprint density at radius 2 is 2.05 bits per heavy atom. The molecule has 0 aromatic heterocycles. The zero-order valence-corrected chi connectivity index (χ0v) is 11.5. The Morgan fingerprint density at radius 3 is 2.53 bits per heavy atom. The summed E-state index contributed by atoms with van der Waals surface area (Å²) in [4.78, 5) is 10.6. The van der Waals surface area contributed by atoms with Gasteiger partial charge in [0.1, 0.15) is 5.82 Å². The van der Waals surface area contributed by atoms with Crippen molar-refractivity contribution in [2.45, 2.75) is 24.2 Å². The van der Waals surface area contributed by atoms with Crippen molar-refractivity contribution in [3.05, 3.63) is 28.5 Å². The van der Waals surface area contributed by atoms with Gasteiger partial charge in [0, 0.05) is 0 Å². The van der Waals surface area contributed by atoms with Crippen LogP contribution >= 0.6 is 11.6 Å². The molecule has 1 aliphatic rings. The Hall–Kier alpha value is -1.14. The fraction of sp³-hybridized carbons (Fsp3) is 0.417. The molecule has 1 fully saturated rings. The van der Waals surface area contributed by atoms with Gasteiger partial charge < -0.3 is 5.11 Å². The minimum Gasteiger partial charge on any atom is -0.478 e. The van der Waals surface area contributed by atoms with Crippen LogP contribution in [0.4, 0.5) is 4.39 Å². The van der Waals surface area contributed by atoms with Gasteiger partial charge >= 0.3 is 5.97 Å². The van der Waals surface area contributed by atoms with Crippen molar-refractivity contribution in [1.82, 2.24) is 0 Å². The number of aromatic carboxylic acids is 1. The third-order valence-electron chi connectivity index (χ3n) is 3.27. The molecule has 0 amide bonds. The van der Waals surface area contributed by atoms with E-state index in [1.807, 2.05) is 0 Å². The number of rotatable bonds is 4. The van der Waals surface area contributed by atoms with E-state index in [0.29, 0.717) is 0 Å². The van der Waals surface area contributed by atoms with Gasteiger partial charge in [-0.25, -0.2) is 17.6 Å². The molecule has 0 saturated heterocycles. The molecule has 0 spiro atoms. The maximum absolute atomic E-state index is 13.5. The molecule has 0 heterocycles. The van der Waals surface area contributed by atoms with Gasteiger partial charge in [0.2, 0.25) is 0 Å². The van der Waals surface area contributed by atoms with E-state index in [-0.39, 0.29) is 16.6 Å². The van der Waals surface area contributed by atoms with E-state index in [1.54, 1.807) is 0 Å². The topological polar surface area (TPSA) is 71.4 Å². The van der Waals surface area contributed by atoms with Crippen molar-refractivity contribution in [2.24, 2.45) is 5.92 Å². The highest BCUT2D eigenvalue weighted by molar-refractivity contribution is 7.91. The summed E-state index contributed by atoms with van der Waals surface area (Å²) in [6.45, 7) is 0. The first-order valence-electron chi connectivity index (χ1n) is 5.76. The molecule has 7 heteroatoms. The number of sulfone groups is 1. The Balaban J connectivity index is 2.41. The zero-order valence-electron chi connectivity index (χ0n) is 9.90. The molecular formula is C12H12ClFO4S. The van der Waals surface area contributed by atoms with Gasteiger partial charge in [-0.2, -0.15) is 0 Å². The van der Waals surface area contributed by atoms with Crippen LogP contribution < -0.4 is 0 Å². The average molecular weight is 307 g/mol. The molecule has 0 radical (unpaired) electrons. The van der Waals surface area contributed by atoms with Gasteiger partial charge in [-0.15, -0.1) is 0 Å². The molecule has 0 atom stereocenters. The zero-order chi connectivity index (χ0) is 14.2. The van der Waals surface area contributed by atoms with Crippen LogP contribution in [0.5, 0.6) is 0 Å². The molecule has 1 aromatic carbocycles. The Morgan fingerprint density at radius 1 is 1.42 bits per heavy atom. The van der Waals surface area contributed by atoms with E-state index in [2.05, 4.69) is 0 Å². The number of benzene rings is 1. The average Bonchev–Trinajstić information content (AvgIpc) is 2.26. The largest absolute Gasteiger partial charge is 0.478 e. The van der Waals surface area contributed by atoms with Crippen LogP contribution in [0.15, 0.2) is 17.0 Å². The lowest BCUT2D eigenvalue weighted by Gasteiger charge is -2.24. The number of carboxylic acids is 1. The van der Waals surface area contributed by atoms with Crippen LogP contribution in [0, 0.1) is 11.7 Å². The second-order valence-electron chi connectivity index (χ2n) is 4.65. The van der Waals surface area contributed by atoms with E-state index in [4.69, 9.17) is 16.7 Å². The number of halogens is 2. The molecule has 4 nitrogen and oxygen atoms in total. The molecule has 1 saturated carbocycles. The lowest BCUT2D eigenvalue weighted by atomic mass is 9.87. The summed E-state index contributed by atoms with van der Waals surface area (Å²) < 4.78 is 37.6. The van der Waals surface area contributed by atoms with Crippen molar-refractivity contribution in [3.8, 4) is 0 Å². The minimum atomic E-state index is -3.68. The predicted octanol–water partition coefficient (Wildman–Crippen LogP) is 2.75. The van der Waals surface area contributed by atoms with E-state index in [9.17, 15) is 17.6 Å². The third-order valence-corrected chi connectivity index (χ3v) is 5.52. The highest BCUT2D eigenvalue weighted by Gasteiger charge is 2.28. The lowest BCUT2D eigenvalue weighted by Crippen LogP contribution is -2.22. The Bertz CT molecular complexity index is 623. The monoisotopic (exact) mass is 306 g/mol. The second kappa shape index (κ2) is 5.09. The minimum absolute atomic E-state index is 0.0763. The highest BCUT2D eigenvalue weighted by atomic mass is 35.5. The van der Waals surface area contributed by atoms with Crippen molar-refractivity contribution in [3.63, 3.8) is 0 Å². The van der Waals surface area contributed by atoms with Crippen LogP contribution in [-0.4, -0.2) is 25.2 Å². The summed E-state index contributed by atoms with van der Waals surface area (Å²) in [5.74, 6) is -2.48. The quantitative estimate of drug-likeness (QED) is 0.928. The van der Waals surface area contributed by atoms with Crippen LogP contribution in [0.2, 0.25) is 5.02 Å². The van der Waals surface area contributed by atoms with Crippen molar-refractivity contribution >= 4 is 27.4 Å². The maximum Gasteiger partial charge on any atom is 0.337 e. The summed E-state index contributed by atoms with van der Waals surface area (Å²) in [5, 5.41) is 8.30. The van der Waals surface area contributed by atoms with Crippen molar-refractivity contribution in [1.29, 1.82) is 0 Å². The van der Waals surface area contributed by atoms with Gasteiger partial charge in [-0.05, 0) is 30.9 Å². The fourth-order valence-corrected chi connectivity index (χ4v) is 3.88. The van der Waals surface area contributed by atoms with Crippen LogP contribution in [0.1, 0.15) is 29.6 Å². The molecule has 2 rings (SSSR count). The molecule has 19 heavy (non-hydrogen) atoms. The number of hydrogen-bond donors (Lipinski definition) is 1. The van der Waals surface area contributed by atoms with E-state index in [0.717, 1.165) is 31.4 Å². The summed E-state index contributed by atoms with van der Waals surface area (Å²) >= 11 is 5.50. The molecule has 1 N–H and O–H groups in total. The molecule has 0 bridgehead atoms. The standard InChI is InChI=1S/C12H12ClFO4S/c13-11-9(12(15)16)4-8(5-10(11)14)19(17,18)6-7-2-1-3-7/h4-5,7H,1-3,6H2,(H,15,16). The first-order valence-corrected chi connectivity index (χ1v) is 7.79. The van der Waals surface area contributed by atoms with E-state index in [1.165, 1.54) is 0 Å². The lowest BCUT2D eigenvalue weighted by molar-refractivity contribution is 0.0696. The van der Waals surface area contributed by atoms with Gasteiger partial charge in [0.05, 0.1) is 21.2 Å². The van der Waals surface area contributed by atoms with Gasteiger partial charge in [0.25, 0.3) is 0 Å². The Labute approximate surface area is 115 Å². The van der Waals surface area contributed by atoms with Crippen molar-refractivity contribution < 1.29 is 22.7 Å². The van der Waals surface area contributed by atoms with Crippen LogP contribution in [0.3, 0.4) is 0 Å². The van der Waals surface area contributed by atoms with Gasteiger partial charge in [0.15, 0.2) is 9.84 Å². The SMILES string of the molecule is O=C(O)c1cc(S(=O)(=O)CC2CCC2)cc(F)c1Cl. The number of carbonyl (C=O) groups is 1. The van der Waals surface area contributed by atoms with Gasteiger partial charge in [-0.1, -0.05) is 18.0 Å². The Kier molecular flexibility index (Phi) is 3.82. The normalized spacial score (nSPS) is 16.1.